The van der Waals surface area contributed by atoms with Crippen molar-refractivity contribution in [3.63, 3.8) is 0 Å². The van der Waals surface area contributed by atoms with E-state index in [4.69, 9.17) is 10.5 Å². The van der Waals surface area contributed by atoms with E-state index in [1.807, 2.05) is 49.5 Å². The van der Waals surface area contributed by atoms with Gasteiger partial charge in [0.2, 0.25) is 0 Å². The number of morpholine rings is 1. The number of fused-ring (bicyclic) bond motifs is 1. The molecule has 2 aliphatic rings. The van der Waals surface area contributed by atoms with Gasteiger partial charge in [0, 0.05) is 61.5 Å². The fraction of sp³-hybridized carbons (Fsp3) is 0.333. The number of hydrogen-bond donors (Lipinski definition) is 3. The molecule has 2 fully saturated rings. The van der Waals surface area contributed by atoms with Gasteiger partial charge in [-0.3, -0.25) is 9.78 Å². The van der Waals surface area contributed by atoms with E-state index in [9.17, 15) is 9.90 Å². The van der Waals surface area contributed by atoms with Crippen LogP contribution >= 0.6 is 0 Å². The zero-order chi connectivity index (χ0) is 27.6. The van der Waals surface area contributed by atoms with Crippen LogP contribution in [0.1, 0.15) is 17.4 Å². The van der Waals surface area contributed by atoms with Crippen LogP contribution in [0.3, 0.4) is 0 Å². The summed E-state index contributed by atoms with van der Waals surface area (Å²) in [6.07, 6.45) is 4.63. The summed E-state index contributed by atoms with van der Waals surface area (Å²) in [6.45, 7) is 6.19. The molecule has 2 aliphatic heterocycles. The number of anilines is 3. The Balaban J connectivity index is 1.22. The number of benzene rings is 1. The van der Waals surface area contributed by atoms with Crippen molar-refractivity contribution in [2.75, 3.05) is 54.5 Å². The molecule has 3 unspecified atom stereocenters. The molecule has 3 atom stereocenters. The number of aromatic nitrogens is 3. The van der Waals surface area contributed by atoms with Crippen LogP contribution in [0.4, 0.5) is 17.2 Å². The standard InChI is InChI=1S/C30H33N7O3/c1-19-17-37(18-23(31)29(19)38)27-8-9-32-16-26(27)35-30(39)24-6-4-20-2-3-21(14-25(20)34-24)22-5-7-28(33-15-22)36-10-12-40-13-11-36/h2-9,14-16,19,23,29,38H,10-13,17-18,31H2,1H3,(H,35,39). The molecule has 10 heteroatoms. The molecular formula is C30H33N7O3. The van der Waals surface area contributed by atoms with E-state index in [2.05, 4.69) is 36.1 Å². The average molecular weight is 540 g/mol. The smallest absolute Gasteiger partial charge is 0.274 e. The van der Waals surface area contributed by atoms with Crippen LogP contribution in [0, 0.1) is 5.92 Å². The zero-order valence-corrected chi connectivity index (χ0v) is 22.4. The number of pyridine rings is 3. The highest BCUT2D eigenvalue weighted by Crippen LogP contribution is 2.30. The molecule has 0 aliphatic carbocycles. The first kappa shape index (κ1) is 26.1. The maximum Gasteiger partial charge on any atom is 0.274 e. The van der Waals surface area contributed by atoms with E-state index >= 15 is 0 Å². The number of amides is 1. The van der Waals surface area contributed by atoms with Crippen LogP contribution in [0.25, 0.3) is 22.0 Å². The molecule has 10 nitrogen and oxygen atoms in total. The molecule has 5 heterocycles. The quantitative estimate of drug-likeness (QED) is 0.350. The normalized spacial score (nSPS) is 21.4. The number of aliphatic hydroxyl groups is 1. The number of rotatable bonds is 5. The summed E-state index contributed by atoms with van der Waals surface area (Å²) in [5.41, 5.74) is 10.5. The van der Waals surface area contributed by atoms with Gasteiger partial charge in [-0.25, -0.2) is 9.97 Å². The molecule has 0 spiro atoms. The number of carbonyl (C=O) groups excluding carboxylic acids is 1. The summed E-state index contributed by atoms with van der Waals surface area (Å²) in [5, 5.41) is 14.2. The second-order valence-corrected chi connectivity index (χ2v) is 10.5. The van der Waals surface area contributed by atoms with E-state index in [0.29, 0.717) is 37.7 Å². The largest absolute Gasteiger partial charge is 0.391 e. The summed E-state index contributed by atoms with van der Waals surface area (Å²) >= 11 is 0. The third kappa shape index (κ3) is 5.33. The van der Waals surface area contributed by atoms with Gasteiger partial charge in [-0.15, -0.1) is 0 Å². The molecule has 4 aromatic rings. The van der Waals surface area contributed by atoms with Gasteiger partial charge in [-0.1, -0.05) is 25.1 Å². The van der Waals surface area contributed by atoms with Crippen LogP contribution in [0.15, 0.2) is 67.1 Å². The second-order valence-electron chi connectivity index (χ2n) is 10.5. The molecule has 40 heavy (non-hydrogen) atoms. The number of nitrogens with one attached hydrogen (secondary N) is 1. The molecule has 2 saturated heterocycles. The Morgan fingerprint density at radius 3 is 2.60 bits per heavy atom. The predicted molar refractivity (Wildman–Crippen MR) is 156 cm³/mol. The SMILES string of the molecule is CC1CN(c2ccncc2NC(=O)c2ccc3ccc(-c4ccc(N5CCOCC5)nc4)cc3n2)CC(N)C1O. The highest BCUT2D eigenvalue weighted by Gasteiger charge is 2.32. The predicted octanol–water partition coefficient (Wildman–Crippen LogP) is 2.93. The van der Waals surface area contributed by atoms with Gasteiger partial charge in [0.05, 0.1) is 42.4 Å². The molecule has 3 aromatic heterocycles. The van der Waals surface area contributed by atoms with E-state index < -0.39 is 6.10 Å². The Kier molecular flexibility index (Phi) is 7.29. The average Bonchev–Trinajstić information content (AvgIpc) is 3.00. The Hall–Kier alpha value is -4.12. The van der Waals surface area contributed by atoms with Crippen LogP contribution < -0.4 is 20.9 Å². The summed E-state index contributed by atoms with van der Waals surface area (Å²) in [4.78, 5) is 31.2. The van der Waals surface area contributed by atoms with E-state index in [1.165, 1.54) is 0 Å². The number of piperidine rings is 1. The lowest BCUT2D eigenvalue weighted by molar-refractivity contribution is 0.0785. The second kappa shape index (κ2) is 11.2. The third-order valence-electron chi connectivity index (χ3n) is 7.69. The number of nitrogens with zero attached hydrogens (tertiary/aromatic N) is 5. The Labute approximate surface area is 232 Å². The van der Waals surface area contributed by atoms with Crippen molar-refractivity contribution < 1.29 is 14.6 Å². The molecule has 206 valence electrons. The van der Waals surface area contributed by atoms with E-state index in [0.717, 1.165) is 46.6 Å². The fourth-order valence-electron chi connectivity index (χ4n) is 5.42. The van der Waals surface area contributed by atoms with E-state index in [-0.39, 0.29) is 17.9 Å². The Morgan fingerprint density at radius 2 is 1.82 bits per heavy atom. The van der Waals surface area contributed by atoms with Crippen LogP contribution in [0.5, 0.6) is 0 Å². The van der Waals surface area contributed by atoms with Crippen molar-refractivity contribution >= 4 is 34.0 Å². The molecule has 0 bridgehead atoms. The fourth-order valence-corrected chi connectivity index (χ4v) is 5.42. The van der Waals surface area contributed by atoms with Crippen molar-refractivity contribution in [3.8, 4) is 11.1 Å². The first-order valence-corrected chi connectivity index (χ1v) is 13.6. The first-order chi connectivity index (χ1) is 19.5. The minimum absolute atomic E-state index is 0.00240. The molecule has 6 rings (SSSR count). The lowest BCUT2D eigenvalue weighted by Crippen LogP contribution is -2.55. The number of carbonyl (C=O) groups is 1. The van der Waals surface area contributed by atoms with Gasteiger partial charge in [0.15, 0.2) is 0 Å². The minimum atomic E-state index is -0.554. The monoisotopic (exact) mass is 539 g/mol. The summed E-state index contributed by atoms with van der Waals surface area (Å²) in [6, 6.07) is 15.2. The van der Waals surface area contributed by atoms with Crippen molar-refractivity contribution in [1.29, 1.82) is 0 Å². The van der Waals surface area contributed by atoms with Crippen molar-refractivity contribution in [2.45, 2.75) is 19.1 Å². The number of ether oxygens (including phenoxy) is 1. The van der Waals surface area contributed by atoms with Gasteiger partial charge in [-0.05, 0) is 35.9 Å². The van der Waals surface area contributed by atoms with Crippen LogP contribution in [-0.2, 0) is 4.74 Å². The van der Waals surface area contributed by atoms with Crippen molar-refractivity contribution in [2.24, 2.45) is 11.7 Å². The van der Waals surface area contributed by atoms with Crippen LogP contribution in [0.2, 0.25) is 0 Å². The lowest BCUT2D eigenvalue weighted by Gasteiger charge is -2.40. The van der Waals surface area contributed by atoms with E-state index in [1.54, 1.807) is 18.5 Å². The number of aliphatic hydroxyl groups excluding tert-OH is 1. The molecule has 4 N–H and O–H groups in total. The summed E-state index contributed by atoms with van der Waals surface area (Å²) in [5.74, 6) is 0.618. The maximum atomic E-state index is 13.3. The Morgan fingerprint density at radius 1 is 1.02 bits per heavy atom. The third-order valence-corrected chi connectivity index (χ3v) is 7.69. The van der Waals surface area contributed by atoms with Gasteiger partial charge in [0.1, 0.15) is 11.5 Å². The van der Waals surface area contributed by atoms with Gasteiger partial charge in [-0.2, -0.15) is 0 Å². The summed E-state index contributed by atoms with van der Waals surface area (Å²) in [7, 11) is 0. The topological polar surface area (TPSA) is 130 Å². The molecular weight excluding hydrogens is 506 g/mol. The number of hydrogen-bond acceptors (Lipinski definition) is 9. The molecule has 1 amide bonds. The maximum absolute atomic E-state index is 13.3. The van der Waals surface area contributed by atoms with Gasteiger partial charge >= 0.3 is 0 Å². The highest BCUT2D eigenvalue weighted by molar-refractivity contribution is 6.05. The first-order valence-electron chi connectivity index (χ1n) is 13.6. The van der Waals surface area contributed by atoms with Gasteiger partial charge < -0.3 is 30.7 Å². The molecule has 1 aromatic carbocycles. The minimum Gasteiger partial charge on any atom is -0.391 e. The van der Waals surface area contributed by atoms with Crippen LogP contribution in [-0.4, -0.2) is 77.5 Å². The summed E-state index contributed by atoms with van der Waals surface area (Å²) < 4.78 is 5.44. The Bertz CT molecular complexity index is 1500. The van der Waals surface area contributed by atoms with Gasteiger partial charge in [0.25, 0.3) is 5.91 Å². The molecule has 0 saturated carbocycles. The number of nitrogens with two attached hydrogens (primary N) is 1. The molecule has 0 radical (unpaired) electrons. The highest BCUT2D eigenvalue weighted by atomic mass is 16.5. The van der Waals surface area contributed by atoms with Crippen molar-refractivity contribution in [3.05, 3.63) is 72.8 Å². The zero-order valence-electron chi connectivity index (χ0n) is 22.4. The van der Waals surface area contributed by atoms with Crippen molar-refractivity contribution in [1.82, 2.24) is 15.0 Å². The lowest BCUT2D eigenvalue weighted by atomic mass is 9.92.